The Hall–Kier alpha value is -5.03. The number of rotatable bonds is 10. The molecule has 0 amide bonds. The number of sulfone groups is 1. The molecule has 208 valence electrons. The Morgan fingerprint density at radius 3 is 1.32 bits per heavy atom. The zero-order valence-electron chi connectivity index (χ0n) is 21.2. The Morgan fingerprint density at radius 2 is 0.976 bits per heavy atom. The second-order valence-corrected chi connectivity index (χ2v) is 11.1. The summed E-state index contributed by atoms with van der Waals surface area (Å²) in [4.78, 5) is 21.3. The second-order valence-electron chi connectivity index (χ2n) is 8.96. The van der Waals surface area contributed by atoms with Crippen LogP contribution in [0.25, 0.3) is 12.2 Å². The third-order valence-corrected chi connectivity index (χ3v) is 8.47. The van der Waals surface area contributed by atoms with Gasteiger partial charge in [-0.05, 0) is 46.5 Å². The van der Waals surface area contributed by atoms with E-state index >= 15 is 0 Å². The number of hydrogen-bond donors (Lipinski definition) is 0. The number of benzene rings is 4. The van der Waals surface area contributed by atoms with Gasteiger partial charge in [-0.1, -0.05) is 72.8 Å². The Kier molecular flexibility index (Phi) is 8.78. The largest absolute Gasteiger partial charge is 0.270 e. The van der Waals surface area contributed by atoms with Crippen LogP contribution >= 0.6 is 0 Å². The molecule has 8 nitrogen and oxygen atoms in total. The van der Waals surface area contributed by atoms with Crippen molar-refractivity contribution in [3.05, 3.63) is 163 Å². The van der Waals surface area contributed by atoms with E-state index in [1.165, 1.54) is 85.0 Å². The summed E-state index contributed by atoms with van der Waals surface area (Å²) in [7, 11) is -4.27. The van der Waals surface area contributed by atoms with Crippen LogP contribution in [0.2, 0.25) is 0 Å². The van der Waals surface area contributed by atoms with E-state index in [0.717, 1.165) is 24.3 Å². The van der Waals surface area contributed by atoms with Crippen LogP contribution < -0.4 is 0 Å². The summed E-state index contributed by atoms with van der Waals surface area (Å²) < 4.78 is 56.1. The molecule has 2 unspecified atom stereocenters. The monoisotopic (exact) mass is 576 g/mol. The summed E-state index contributed by atoms with van der Waals surface area (Å²) in [5, 5.41) is 19.7. The van der Waals surface area contributed by atoms with Crippen LogP contribution in [0.5, 0.6) is 0 Å². The Labute approximate surface area is 234 Å². The van der Waals surface area contributed by atoms with E-state index in [0.29, 0.717) is 11.1 Å². The van der Waals surface area contributed by atoms with Crippen LogP contribution in [0.3, 0.4) is 0 Å². The lowest BCUT2D eigenvalue weighted by atomic mass is 10.1. The van der Waals surface area contributed by atoms with E-state index in [4.69, 9.17) is 0 Å². The maximum absolute atomic E-state index is 14.3. The molecule has 4 rings (SSSR count). The van der Waals surface area contributed by atoms with Gasteiger partial charge in [0.05, 0.1) is 9.85 Å². The summed E-state index contributed by atoms with van der Waals surface area (Å²) in [6.45, 7) is 0. The van der Waals surface area contributed by atoms with Gasteiger partial charge in [-0.3, -0.25) is 20.2 Å². The topological polar surface area (TPSA) is 120 Å². The number of non-ortho nitro benzene ring substituents is 2. The summed E-state index contributed by atoms with van der Waals surface area (Å²) in [6, 6.07) is 21.0. The average molecular weight is 577 g/mol. The highest BCUT2D eigenvalue weighted by Crippen LogP contribution is 2.37. The van der Waals surface area contributed by atoms with Gasteiger partial charge in [0.1, 0.15) is 22.1 Å². The predicted molar refractivity (Wildman–Crippen MR) is 151 cm³/mol. The molecule has 0 radical (unpaired) electrons. The van der Waals surface area contributed by atoms with Gasteiger partial charge in [-0.2, -0.15) is 0 Å². The molecule has 0 spiro atoms. The van der Waals surface area contributed by atoms with Crippen molar-refractivity contribution in [2.24, 2.45) is 0 Å². The molecule has 41 heavy (non-hydrogen) atoms. The fourth-order valence-electron chi connectivity index (χ4n) is 4.16. The predicted octanol–water partition coefficient (Wildman–Crippen LogP) is 7.41. The van der Waals surface area contributed by atoms with Gasteiger partial charge in [0, 0.05) is 24.3 Å². The quantitative estimate of drug-likeness (QED) is 0.143. The molecule has 0 aliphatic rings. The van der Waals surface area contributed by atoms with Crippen molar-refractivity contribution in [1.29, 1.82) is 0 Å². The molecular weight excluding hydrogens is 554 g/mol. The van der Waals surface area contributed by atoms with Crippen molar-refractivity contribution in [2.75, 3.05) is 0 Å². The first-order chi connectivity index (χ1) is 19.5. The maximum atomic E-state index is 14.3. The molecule has 0 saturated carbocycles. The zero-order chi connectivity index (χ0) is 29.6. The number of hydrogen-bond acceptors (Lipinski definition) is 6. The maximum Gasteiger partial charge on any atom is 0.270 e. The van der Waals surface area contributed by atoms with Crippen LogP contribution in [0.15, 0.2) is 109 Å². The number of nitrogens with zero attached hydrogens (tertiary/aromatic N) is 2. The van der Waals surface area contributed by atoms with Crippen LogP contribution in [-0.4, -0.2) is 18.3 Å². The number of halogens is 2. The lowest BCUT2D eigenvalue weighted by Gasteiger charge is -2.22. The molecule has 4 aromatic carbocycles. The standard InChI is InChI=1S/C30H22F2N2O6S/c31-25-13-9-23(10-14-25)29(17-7-21-3-1-5-27(19-21)33(35)36)41(39,40)30(24-11-15-26(32)16-12-24)18-8-22-4-2-6-28(20-22)34(37)38/h1-20,29-30H/b17-7+,18-8+. The molecule has 0 aromatic heterocycles. The second kappa shape index (κ2) is 12.4. The van der Waals surface area contributed by atoms with Crippen molar-refractivity contribution in [1.82, 2.24) is 0 Å². The summed E-state index contributed by atoms with van der Waals surface area (Å²) >= 11 is 0. The molecule has 0 fully saturated rings. The fraction of sp³-hybridized carbons (Fsp3) is 0.0667. The molecule has 0 aliphatic heterocycles. The summed E-state index contributed by atoms with van der Waals surface area (Å²) in [5.74, 6) is -1.15. The van der Waals surface area contributed by atoms with Crippen molar-refractivity contribution in [3.8, 4) is 0 Å². The van der Waals surface area contributed by atoms with E-state index in [1.54, 1.807) is 12.1 Å². The highest BCUT2D eigenvalue weighted by atomic mass is 32.2. The molecular formula is C30H22F2N2O6S. The highest BCUT2D eigenvalue weighted by Gasteiger charge is 2.33. The molecule has 0 aliphatic carbocycles. The van der Waals surface area contributed by atoms with E-state index < -0.39 is 41.8 Å². The minimum atomic E-state index is -4.27. The molecule has 0 N–H and O–H groups in total. The molecule has 4 aromatic rings. The van der Waals surface area contributed by atoms with Gasteiger partial charge in [-0.25, -0.2) is 17.2 Å². The average Bonchev–Trinajstić information content (AvgIpc) is 2.95. The van der Waals surface area contributed by atoms with Gasteiger partial charge in [0.15, 0.2) is 9.84 Å². The van der Waals surface area contributed by atoms with Crippen molar-refractivity contribution >= 4 is 33.4 Å². The first kappa shape index (κ1) is 29.0. The van der Waals surface area contributed by atoms with Crippen molar-refractivity contribution < 1.29 is 27.0 Å². The smallest absolute Gasteiger partial charge is 0.258 e. The normalized spacial score (nSPS) is 13.3. The highest BCUT2D eigenvalue weighted by molar-refractivity contribution is 7.92. The van der Waals surface area contributed by atoms with Crippen molar-refractivity contribution in [2.45, 2.75) is 10.5 Å². The number of nitro groups is 2. The minimum absolute atomic E-state index is 0.183. The van der Waals surface area contributed by atoms with Crippen LogP contribution in [0, 0.1) is 31.9 Å². The first-order valence-corrected chi connectivity index (χ1v) is 13.7. The van der Waals surface area contributed by atoms with E-state index in [-0.39, 0.29) is 22.5 Å². The minimum Gasteiger partial charge on any atom is -0.258 e. The molecule has 2 atom stereocenters. The Morgan fingerprint density at radius 1 is 0.610 bits per heavy atom. The molecule has 0 saturated heterocycles. The number of nitro benzene ring substituents is 2. The zero-order valence-corrected chi connectivity index (χ0v) is 22.0. The first-order valence-electron chi connectivity index (χ1n) is 12.1. The Bertz CT molecular complexity index is 1610. The van der Waals surface area contributed by atoms with Gasteiger partial charge >= 0.3 is 0 Å². The van der Waals surface area contributed by atoms with Crippen LogP contribution in [0.1, 0.15) is 32.8 Å². The SMILES string of the molecule is O=[N+]([O-])c1cccc(/C=C/C(c2ccc(F)cc2)S(=O)(=O)C(/C=C/c2cccc([N+](=O)[O-])c2)c2ccc(F)cc2)c1. The summed E-state index contributed by atoms with van der Waals surface area (Å²) in [6.07, 6.45) is 5.54. The van der Waals surface area contributed by atoms with E-state index in [2.05, 4.69) is 0 Å². The molecule has 0 heterocycles. The van der Waals surface area contributed by atoms with Crippen LogP contribution in [0.4, 0.5) is 20.2 Å². The Balaban J connectivity index is 1.83. The fourth-order valence-corrected chi connectivity index (χ4v) is 6.15. The van der Waals surface area contributed by atoms with Gasteiger partial charge < -0.3 is 0 Å². The lowest BCUT2D eigenvalue weighted by molar-refractivity contribution is -0.385. The van der Waals surface area contributed by atoms with Gasteiger partial charge in [-0.15, -0.1) is 0 Å². The lowest BCUT2D eigenvalue weighted by Crippen LogP contribution is -2.19. The van der Waals surface area contributed by atoms with E-state index in [1.807, 2.05) is 0 Å². The van der Waals surface area contributed by atoms with E-state index in [9.17, 15) is 37.4 Å². The third kappa shape index (κ3) is 7.14. The van der Waals surface area contributed by atoms with Gasteiger partial charge in [0.2, 0.25) is 0 Å². The summed E-state index contributed by atoms with van der Waals surface area (Å²) in [5.41, 5.74) is 0.821. The van der Waals surface area contributed by atoms with Gasteiger partial charge in [0.25, 0.3) is 11.4 Å². The van der Waals surface area contributed by atoms with Crippen molar-refractivity contribution in [3.63, 3.8) is 0 Å². The third-order valence-electron chi connectivity index (χ3n) is 6.19. The molecule has 0 bridgehead atoms. The molecule has 11 heteroatoms. The van der Waals surface area contributed by atoms with Crippen LogP contribution in [-0.2, 0) is 9.84 Å².